The Balaban J connectivity index is 2.71. The molecule has 0 saturated heterocycles. The zero-order chi connectivity index (χ0) is 15.7. The van der Waals surface area contributed by atoms with Gasteiger partial charge in [-0.1, -0.05) is 31.0 Å². The van der Waals surface area contributed by atoms with E-state index in [1.54, 1.807) is 26.0 Å². The minimum Gasteiger partial charge on any atom is -0.354 e. The molecule has 0 bridgehead atoms. The van der Waals surface area contributed by atoms with Crippen LogP contribution in [0.3, 0.4) is 0 Å². The van der Waals surface area contributed by atoms with Gasteiger partial charge in [-0.3, -0.25) is 4.79 Å². The van der Waals surface area contributed by atoms with Gasteiger partial charge in [0.2, 0.25) is 5.91 Å². The monoisotopic (exact) mass is 311 g/mol. The summed E-state index contributed by atoms with van der Waals surface area (Å²) < 4.78 is 10.5. The molecule has 0 aromatic heterocycles. The number of carbonyl (C=O) groups excluding carboxylic acids is 1. The summed E-state index contributed by atoms with van der Waals surface area (Å²) in [6, 6.07) is 7.74. The van der Waals surface area contributed by atoms with E-state index in [1.165, 1.54) is 0 Å². The van der Waals surface area contributed by atoms with Crippen molar-refractivity contribution >= 4 is 23.4 Å². The van der Waals surface area contributed by atoms with Crippen molar-refractivity contribution in [2.45, 2.75) is 38.2 Å². The third-order valence-corrected chi connectivity index (χ3v) is 4.40. The molecule has 0 saturated carbocycles. The second-order valence-corrected chi connectivity index (χ2v) is 6.09. The number of benzene rings is 1. The number of aryl methyl sites for hydroxylation is 1. The number of methoxy groups -OCH3 is 2. The lowest BCUT2D eigenvalue weighted by atomic mass is 10.2. The molecule has 0 aliphatic heterocycles. The van der Waals surface area contributed by atoms with E-state index in [9.17, 15) is 4.79 Å². The van der Waals surface area contributed by atoms with Crippen molar-refractivity contribution in [3.05, 3.63) is 29.8 Å². The fourth-order valence-electron chi connectivity index (χ4n) is 1.83. The van der Waals surface area contributed by atoms with Crippen molar-refractivity contribution in [1.82, 2.24) is 0 Å². The normalized spacial score (nSPS) is 12.4. The molecule has 1 N–H and O–H groups in total. The van der Waals surface area contributed by atoms with Gasteiger partial charge in [0.1, 0.15) is 5.25 Å². The molecule has 1 aromatic rings. The molecule has 1 aromatic carbocycles. The number of unbranched alkanes of at least 4 members (excludes halogenated alkanes) is 1. The van der Waals surface area contributed by atoms with E-state index >= 15 is 0 Å². The van der Waals surface area contributed by atoms with Crippen molar-refractivity contribution in [2.75, 3.05) is 25.3 Å². The van der Waals surface area contributed by atoms with E-state index in [0.29, 0.717) is 0 Å². The van der Waals surface area contributed by atoms with Gasteiger partial charge in [-0.25, -0.2) is 0 Å². The molecular formula is C16H25NO3S. The molecule has 5 heteroatoms. The van der Waals surface area contributed by atoms with Crippen LogP contribution in [0.5, 0.6) is 0 Å². The summed E-state index contributed by atoms with van der Waals surface area (Å²) in [4.78, 5) is 12.5. The lowest BCUT2D eigenvalue weighted by molar-refractivity contribution is -0.132. The zero-order valence-corrected chi connectivity index (χ0v) is 14.0. The standard InChI is InChI=1S/C16H25NO3S/c1-5-6-11-21-14(16(19-3)20-4)15(18)17-13-9-7-12(2)8-10-13/h7-10,14,16H,5-6,11H2,1-4H3,(H,17,18). The molecule has 0 aliphatic carbocycles. The van der Waals surface area contributed by atoms with E-state index in [4.69, 9.17) is 9.47 Å². The van der Waals surface area contributed by atoms with Crippen LogP contribution in [0.25, 0.3) is 0 Å². The van der Waals surface area contributed by atoms with E-state index in [2.05, 4.69) is 12.2 Å². The summed E-state index contributed by atoms with van der Waals surface area (Å²) in [7, 11) is 3.11. The van der Waals surface area contributed by atoms with Crippen molar-refractivity contribution in [1.29, 1.82) is 0 Å². The predicted octanol–water partition coefficient (Wildman–Crippen LogP) is 3.45. The van der Waals surface area contributed by atoms with Gasteiger partial charge in [0.15, 0.2) is 6.29 Å². The Morgan fingerprint density at radius 3 is 2.38 bits per heavy atom. The molecule has 1 amide bonds. The second-order valence-electron chi connectivity index (χ2n) is 4.84. The Hall–Kier alpha value is -1.04. The average Bonchev–Trinajstić information content (AvgIpc) is 2.49. The van der Waals surface area contributed by atoms with Gasteiger partial charge in [0.25, 0.3) is 0 Å². The maximum absolute atomic E-state index is 12.5. The van der Waals surface area contributed by atoms with E-state index in [0.717, 1.165) is 29.8 Å². The zero-order valence-electron chi connectivity index (χ0n) is 13.2. The van der Waals surface area contributed by atoms with Gasteiger partial charge in [0, 0.05) is 19.9 Å². The highest BCUT2D eigenvalue weighted by molar-refractivity contribution is 8.00. The smallest absolute Gasteiger partial charge is 0.242 e. The van der Waals surface area contributed by atoms with Crippen LogP contribution >= 0.6 is 11.8 Å². The van der Waals surface area contributed by atoms with Crippen LogP contribution in [0, 0.1) is 6.92 Å². The predicted molar refractivity (Wildman–Crippen MR) is 88.8 cm³/mol. The fourth-order valence-corrected chi connectivity index (χ4v) is 3.13. The number of anilines is 1. The highest BCUT2D eigenvalue weighted by atomic mass is 32.2. The number of ether oxygens (including phenoxy) is 2. The van der Waals surface area contributed by atoms with Crippen LogP contribution in [-0.2, 0) is 14.3 Å². The molecule has 0 radical (unpaired) electrons. The molecule has 0 fully saturated rings. The first-order chi connectivity index (χ1) is 10.1. The van der Waals surface area contributed by atoms with Crippen molar-refractivity contribution < 1.29 is 14.3 Å². The highest BCUT2D eigenvalue weighted by Crippen LogP contribution is 2.21. The van der Waals surface area contributed by atoms with Crippen LogP contribution in [-0.4, -0.2) is 37.4 Å². The molecule has 21 heavy (non-hydrogen) atoms. The van der Waals surface area contributed by atoms with Gasteiger partial charge in [0.05, 0.1) is 0 Å². The van der Waals surface area contributed by atoms with E-state index in [1.807, 2.05) is 31.2 Å². The molecule has 0 spiro atoms. The molecule has 1 atom stereocenters. The topological polar surface area (TPSA) is 47.6 Å². The maximum Gasteiger partial charge on any atom is 0.242 e. The maximum atomic E-state index is 12.5. The number of nitrogens with one attached hydrogen (secondary N) is 1. The van der Waals surface area contributed by atoms with Gasteiger partial charge in [-0.15, -0.1) is 11.8 Å². The lowest BCUT2D eigenvalue weighted by Crippen LogP contribution is -2.38. The summed E-state index contributed by atoms with van der Waals surface area (Å²) in [5.74, 6) is 0.819. The number of thioether (sulfide) groups is 1. The summed E-state index contributed by atoms with van der Waals surface area (Å²) >= 11 is 1.57. The molecule has 1 unspecified atom stereocenters. The average molecular weight is 311 g/mol. The first kappa shape index (κ1) is 18.0. The molecule has 0 heterocycles. The number of carbonyl (C=O) groups is 1. The molecule has 0 aliphatic rings. The second kappa shape index (κ2) is 9.82. The summed E-state index contributed by atoms with van der Waals surface area (Å²) in [5.41, 5.74) is 1.95. The summed E-state index contributed by atoms with van der Waals surface area (Å²) in [6.07, 6.45) is 1.63. The Labute approximate surface area is 131 Å². The van der Waals surface area contributed by atoms with Gasteiger partial charge in [-0.05, 0) is 31.2 Å². The highest BCUT2D eigenvalue weighted by Gasteiger charge is 2.28. The summed E-state index contributed by atoms with van der Waals surface area (Å²) in [5, 5.41) is 2.54. The number of rotatable bonds is 9. The molecular weight excluding hydrogens is 286 g/mol. The van der Waals surface area contributed by atoms with Crippen LogP contribution < -0.4 is 5.32 Å². The van der Waals surface area contributed by atoms with Gasteiger partial charge < -0.3 is 14.8 Å². The van der Waals surface area contributed by atoms with Crippen LogP contribution in [0.2, 0.25) is 0 Å². The first-order valence-electron chi connectivity index (χ1n) is 7.17. The number of hydrogen-bond acceptors (Lipinski definition) is 4. The van der Waals surface area contributed by atoms with Crippen LogP contribution in [0.15, 0.2) is 24.3 Å². The van der Waals surface area contributed by atoms with Crippen molar-refractivity contribution in [2.24, 2.45) is 0 Å². The Morgan fingerprint density at radius 2 is 1.86 bits per heavy atom. The quantitative estimate of drug-likeness (QED) is 0.560. The third kappa shape index (κ3) is 6.08. The Bertz CT molecular complexity index is 418. The van der Waals surface area contributed by atoms with Crippen LogP contribution in [0.4, 0.5) is 5.69 Å². The first-order valence-corrected chi connectivity index (χ1v) is 8.22. The van der Waals surface area contributed by atoms with E-state index < -0.39 is 6.29 Å². The number of hydrogen-bond donors (Lipinski definition) is 1. The lowest BCUT2D eigenvalue weighted by Gasteiger charge is -2.23. The van der Waals surface area contributed by atoms with Crippen molar-refractivity contribution in [3.63, 3.8) is 0 Å². The number of amides is 1. The largest absolute Gasteiger partial charge is 0.354 e. The minimum absolute atomic E-state index is 0.0892. The van der Waals surface area contributed by atoms with Gasteiger partial charge >= 0.3 is 0 Å². The Kier molecular flexibility index (Phi) is 8.42. The SMILES string of the molecule is CCCCSC(C(=O)Nc1ccc(C)cc1)C(OC)OC. The third-order valence-electron chi connectivity index (χ3n) is 3.08. The molecule has 118 valence electrons. The molecule has 1 rings (SSSR count). The van der Waals surface area contributed by atoms with E-state index in [-0.39, 0.29) is 11.2 Å². The fraction of sp³-hybridized carbons (Fsp3) is 0.562. The van der Waals surface area contributed by atoms with Crippen molar-refractivity contribution in [3.8, 4) is 0 Å². The minimum atomic E-state index is -0.544. The van der Waals surface area contributed by atoms with Gasteiger partial charge in [-0.2, -0.15) is 0 Å². The molecule has 4 nitrogen and oxygen atoms in total. The summed E-state index contributed by atoms with van der Waals surface area (Å²) in [6.45, 7) is 4.15. The Morgan fingerprint density at radius 1 is 1.24 bits per heavy atom. The van der Waals surface area contributed by atoms with Crippen LogP contribution in [0.1, 0.15) is 25.3 Å².